The standard InChI is InChI=1S/C18H27NO2/c1-19-16-11-18(20,12-17(19)14-21-13-16)10-6-5-9-15-7-3-2-4-8-15/h2-4,7-8,16-17,20H,5-6,9-14H2,1H3. The van der Waals surface area contributed by atoms with E-state index in [1.54, 1.807) is 0 Å². The molecule has 0 spiro atoms. The van der Waals surface area contributed by atoms with Gasteiger partial charge in [0.1, 0.15) is 0 Å². The maximum Gasteiger partial charge on any atom is 0.0679 e. The molecule has 0 radical (unpaired) electrons. The first-order valence-electron chi connectivity index (χ1n) is 8.22. The first-order valence-corrected chi connectivity index (χ1v) is 8.22. The summed E-state index contributed by atoms with van der Waals surface area (Å²) in [6.45, 7) is 1.55. The van der Waals surface area contributed by atoms with Crippen molar-refractivity contribution in [3.05, 3.63) is 35.9 Å². The second kappa shape index (κ2) is 6.47. The predicted molar refractivity (Wildman–Crippen MR) is 84.3 cm³/mol. The van der Waals surface area contributed by atoms with Crippen LogP contribution in [0.4, 0.5) is 0 Å². The second-order valence-electron chi connectivity index (χ2n) is 6.84. The Kier molecular flexibility index (Phi) is 4.63. The first-order chi connectivity index (χ1) is 10.2. The smallest absolute Gasteiger partial charge is 0.0679 e. The molecule has 1 aromatic carbocycles. The third-order valence-electron chi connectivity index (χ3n) is 5.20. The van der Waals surface area contributed by atoms with Crippen LogP contribution in [-0.2, 0) is 11.2 Å². The fraction of sp³-hybridized carbons (Fsp3) is 0.667. The van der Waals surface area contributed by atoms with E-state index in [9.17, 15) is 5.11 Å². The van der Waals surface area contributed by atoms with Crippen LogP contribution in [0.1, 0.15) is 37.7 Å². The van der Waals surface area contributed by atoms with Crippen molar-refractivity contribution < 1.29 is 9.84 Å². The van der Waals surface area contributed by atoms with Crippen LogP contribution in [0.2, 0.25) is 0 Å². The van der Waals surface area contributed by atoms with E-state index in [1.807, 2.05) is 0 Å². The molecule has 2 aliphatic heterocycles. The average molecular weight is 289 g/mol. The van der Waals surface area contributed by atoms with Gasteiger partial charge in [-0.3, -0.25) is 4.90 Å². The number of unbranched alkanes of at least 4 members (excludes halogenated alkanes) is 1. The zero-order valence-electron chi connectivity index (χ0n) is 13.0. The van der Waals surface area contributed by atoms with Crippen molar-refractivity contribution in [3.63, 3.8) is 0 Å². The van der Waals surface area contributed by atoms with Crippen LogP contribution in [-0.4, -0.2) is 48.0 Å². The highest BCUT2D eigenvalue weighted by Crippen LogP contribution is 2.36. The zero-order valence-corrected chi connectivity index (χ0v) is 13.0. The van der Waals surface area contributed by atoms with Crippen molar-refractivity contribution in [2.75, 3.05) is 20.3 Å². The molecule has 2 bridgehead atoms. The van der Waals surface area contributed by atoms with E-state index in [-0.39, 0.29) is 0 Å². The molecule has 2 aliphatic rings. The molecule has 21 heavy (non-hydrogen) atoms. The molecule has 2 saturated heterocycles. The highest BCUT2D eigenvalue weighted by molar-refractivity contribution is 5.14. The summed E-state index contributed by atoms with van der Waals surface area (Å²) in [6, 6.07) is 11.4. The number of rotatable bonds is 5. The largest absolute Gasteiger partial charge is 0.390 e. The number of morpholine rings is 1. The molecular formula is C18H27NO2. The Labute approximate surface area is 127 Å². The predicted octanol–water partition coefficient (Wildman–Crippen LogP) is 2.62. The highest BCUT2D eigenvalue weighted by Gasteiger charge is 2.43. The number of ether oxygens (including phenoxy) is 1. The molecule has 116 valence electrons. The topological polar surface area (TPSA) is 32.7 Å². The Morgan fingerprint density at radius 3 is 2.48 bits per heavy atom. The van der Waals surface area contributed by atoms with Crippen LogP contribution in [0.25, 0.3) is 0 Å². The van der Waals surface area contributed by atoms with E-state index in [4.69, 9.17) is 4.74 Å². The van der Waals surface area contributed by atoms with Crippen LogP contribution in [0.15, 0.2) is 30.3 Å². The fourth-order valence-corrected chi connectivity index (χ4v) is 3.87. The number of hydrogen-bond donors (Lipinski definition) is 1. The Morgan fingerprint density at radius 1 is 1.14 bits per heavy atom. The second-order valence-corrected chi connectivity index (χ2v) is 6.84. The van der Waals surface area contributed by atoms with Crippen LogP contribution < -0.4 is 0 Å². The zero-order chi connectivity index (χ0) is 14.7. The Hall–Kier alpha value is -0.900. The lowest BCUT2D eigenvalue weighted by atomic mass is 9.78. The average Bonchev–Trinajstić information content (AvgIpc) is 2.47. The normalized spacial score (nSPS) is 33.0. The molecule has 2 fully saturated rings. The van der Waals surface area contributed by atoms with Gasteiger partial charge in [0.2, 0.25) is 0 Å². The first kappa shape index (κ1) is 15.0. The SMILES string of the molecule is CN1C2COCC1CC(O)(CCCCc1ccccc1)C2. The van der Waals surface area contributed by atoms with E-state index < -0.39 is 5.60 Å². The number of nitrogens with zero attached hydrogens (tertiary/aromatic N) is 1. The summed E-state index contributed by atoms with van der Waals surface area (Å²) >= 11 is 0. The lowest BCUT2D eigenvalue weighted by Gasteiger charge is -2.50. The molecule has 0 aliphatic carbocycles. The van der Waals surface area contributed by atoms with E-state index in [0.29, 0.717) is 12.1 Å². The summed E-state index contributed by atoms with van der Waals surface area (Å²) in [5.74, 6) is 0. The molecule has 1 aromatic rings. The van der Waals surface area contributed by atoms with Crippen LogP contribution in [0, 0.1) is 0 Å². The van der Waals surface area contributed by atoms with E-state index in [0.717, 1.165) is 51.7 Å². The number of hydrogen-bond acceptors (Lipinski definition) is 3. The molecule has 3 heteroatoms. The molecule has 0 aromatic heterocycles. The van der Waals surface area contributed by atoms with Gasteiger partial charge in [-0.05, 0) is 44.7 Å². The summed E-state index contributed by atoms with van der Waals surface area (Å²) in [7, 11) is 2.17. The van der Waals surface area contributed by atoms with E-state index in [1.165, 1.54) is 5.56 Å². The number of piperidine rings is 1. The van der Waals surface area contributed by atoms with Gasteiger partial charge in [0.25, 0.3) is 0 Å². The molecule has 2 unspecified atom stereocenters. The lowest BCUT2D eigenvalue weighted by Crippen LogP contribution is -2.60. The van der Waals surface area contributed by atoms with Gasteiger partial charge in [0.15, 0.2) is 0 Å². The van der Waals surface area contributed by atoms with E-state index in [2.05, 4.69) is 42.3 Å². The minimum atomic E-state index is -0.470. The van der Waals surface area contributed by atoms with Crippen molar-refractivity contribution in [3.8, 4) is 0 Å². The lowest BCUT2D eigenvalue weighted by molar-refractivity contribution is -0.137. The Bertz CT molecular complexity index is 434. The summed E-state index contributed by atoms with van der Waals surface area (Å²) in [4.78, 5) is 2.40. The molecular weight excluding hydrogens is 262 g/mol. The van der Waals surface area contributed by atoms with Crippen molar-refractivity contribution in [2.24, 2.45) is 0 Å². The van der Waals surface area contributed by atoms with Gasteiger partial charge in [0.05, 0.1) is 18.8 Å². The third-order valence-corrected chi connectivity index (χ3v) is 5.20. The number of likely N-dealkylation sites (N-methyl/N-ethyl adjacent to an activating group) is 1. The quantitative estimate of drug-likeness (QED) is 0.846. The number of benzene rings is 1. The number of aliphatic hydroxyl groups is 1. The molecule has 0 saturated carbocycles. The van der Waals surface area contributed by atoms with Gasteiger partial charge in [-0.15, -0.1) is 0 Å². The summed E-state index contributed by atoms with van der Waals surface area (Å²) < 4.78 is 5.63. The van der Waals surface area contributed by atoms with Crippen LogP contribution in [0.5, 0.6) is 0 Å². The van der Waals surface area contributed by atoms with Crippen molar-refractivity contribution in [1.82, 2.24) is 4.90 Å². The molecule has 2 atom stereocenters. The van der Waals surface area contributed by atoms with Gasteiger partial charge in [-0.25, -0.2) is 0 Å². The van der Waals surface area contributed by atoms with Crippen LogP contribution >= 0.6 is 0 Å². The van der Waals surface area contributed by atoms with E-state index >= 15 is 0 Å². The molecule has 2 heterocycles. The van der Waals surface area contributed by atoms with Gasteiger partial charge < -0.3 is 9.84 Å². The minimum absolute atomic E-state index is 0.400. The van der Waals surface area contributed by atoms with Crippen LogP contribution in [0.3, 0.4) is 0 Å². The maximum absolute atomic E-state index is 10.9. The minimum Gasteiger partial charge on any atom is -0.390 e. The third kappa shape index (κ3) is 3.65. The number of aryl methyl sites for hydroxylation is 1. The summed E-state index contributed by atoms with van der Waals surface area (Å²) in [5.41, 5.74) is 0.931. The van der Waals surface area contributed by atoms with Crippen molar-refractivity contribution >= 4 is 0 Å². The summed E-state index contributed by atoms with van der Waals surface area (Å²) in [5, 5.41) is 10.9. The van der Waals surface area contributed by atoms with Gasteiger partial charge in [0, 0.05) is 12.1 Å². The number of fused-ring (bicyclic) bond motifs is 2. The van der Waals surface area contributed by atoms with Gasteiger partial charge in [-0.1, -0.05) is 36.8 Å². The molecule has 0 amide bonds. The van der Waals surface area contributed by atoms with Crippen molar-refractivity contribution in [2.45, 2.75) is 56.2 Å². The maximum atomic E-state index is 10.9. The van der Waals surface area contributed by atoms with Crippen molar-refractivity contribution in [1.29, 1.82) is 0 Å². The van der Waals surface area contributed by atoms with Gasteiger partial charge in [-0.2, -0.15) is 0 Å². The Morgan fingerprint density at radius 2 is 1.81 bits per heavy atom. The monoisotopic (exact) mass is 289 g/mol. The fourth-order valence-electron chi connectivity index (χ4n) is 3.87. The Balaban J connectivity index is 1.46. The molecule has 3 nitrogen and oxygen atoms in total. The molecule has 1 N–H and O–H groups in total. The molecule has 3 rings (SSSR count). The summed E-state index contributed by atoms with van der Waals surface area (Å²) in [6.07, 6.45) is 6.05. The van der Waals surface area contributed by atoms with Gasteiger partial charge >= 0.3 is 0 Å². The highest BCUT2D eigenvalue weighted by atomic mass is 16.5.